The molecule has 16 heavy (non-hydrogen) atoms. The second-order valence-electron chi connectivity index (χ2n) is 3.27. The van der Waals surface area contributed by atoms with Crippen molar-refractivity contribution < 1.29 is 4.92 Å². The van der Waals surface area contributed by atoms with Crippen LogP contribution in [0.5, 0.6) is 0 Å². The van der Waals surface area contributed by atoms with Gasteiger partial charge in [0.05, 0.1) is 4.92 Å². The van der Waals surface area contributed by atoms with Crippen molar-refractivity contribution in [1.29, 1.82) is 0 Å². The highest BCUT2D eigenvalue weighted by Gasteiger charge is 2.07. The first-order valence-corrected chi connectivity index (χ1v) is 4.69. The molecule has 0 unspecified atom stereocenters. The summed E-state index contributed by atoms with van der Waals surface area (Å²) >= 11 is 0. The van der Waals surface area contributed by atoms with E-state index in [9.17, 15) is 10.1 Å². The molecule has 0 saturated carbocycles. The number of aromatic amines is 1. The van der Waals surface area contributed by atoms with Crippen LogP contribution in [0, 0.1) is 10.1 Å². The molecule has 6 heteroatoms. The topological polar surface area (TPSA) is 97.8 Å². The smallest absolute Gasteiger partial charge is 0.269 e. The number of benzene rings is 1. The predicted octanol–water partition coefficient (Wildman–Crippen LogP) is 1.44. The van der Waals surface area contributed by atoms with Crippen molar-refractivity contribution in [2.45, 2.75) is 6.54 Å². The summed E-state index contributed by atoms with van der Waals surface area (Å²) in [5.41, 5.74) is 7.13. The van der Waals surface area contributed by atoms with E-state index < -0.39 is 4.92 Å². The molecule has 0 fully saturated rings. The minimum absolute atomic E-state index is 0.0642. The molecule has 2 rings (SSSR count). The normalized spacial score (nSPS) is 10.3. The predicted molar refractivity (Wildman–Crippen MR) is 58.6 cm³/mol. The Hall–Kier alpha value is -2.21. The van der Waals surface area contributed by atoms with Crippen LogP contribution >= 0.6 is 0 Å². The second kappa shape index (κ2) is 4.11. The molecule has 0 amide bonds. The summed E-state index contributed by atoms with van der Waals surface area (Å²) in [7, 11) is 0. The van der Waals surface area contributed by atoms with Gasteiger partial charge in [-0.2, -0.15) is 0 Å². The molecule has 0 bridgehead atoms. The van der Waals surface area contributed by atoms with Gasteiger partial charge in [0.15, 0.2) is 0 Å². The van der Waals surface area contributed by atoms with Gasteiger partial charge in [-0.05, 0) is 12.1 Å². The van der Waals surface area contributed by atoms with Gasteiger partial charge in [0.1, 0.15) is 5.82 Å². The summed E-state index contributed by atoms with van der Waals surface area (Å²) in [5, 5.41) is 10.5. The molecular formula is C10H10N4O2. The van der Waals surface area contributed by atoms with Crippen LogP contribution in [0.1, 0.15) is 5.69 Å². The molecule has 6 nitrogen and oxygen atoms in total. The summed E-state index contributed by atoms with van der Waals surface area (Å²) in [6, 6.07) is 6.19. The lowest BCUT2D eigenvalue weighted by atomic mass is 10.2. The van der Waals surface area contributed by atoms with Gasteiger partial charge in [-0.3, -0.25) is 10.1 Å². The van der Waals surface area contributed by atoms with Crippen molar-refractivity contribution in [1.82, 2.24) is 9.97 Å². The van der Waals surface area contributed by atoms with Crippen LogP contribution in [0.2, 0.25) is 0 Å². The quantitative estimate of drug-likeness (QED) is 0.601. The lowest BCUT2D eigenvalue weighted by Crippen LogP contribution is -1.95. The largest absolute Gasteiger partial charge is 0.341 e. The van der Waals surface area contributed by atoms with Gasteiger partial charge < -0.3 is 10.7 Å². The Morgan fingerprint density at radius 3 is 2.56 bits per heavy atom. The van der Waals surface area contributed by atoms with Gasteiger partial charge in [0, 0.05) is 36.1 Å². The zero-order valence-electron chi connectivity index (χ0n) is 8.38. The molecule has 0 aliphatic rings. The molecular weight excluding hydrogens is 208 g/mol. The Bertz CT molecular complexity index is 504. The van der Waals surface area contributed by atoms with Crippen molar-refractivity contribution in [3.63, 3.8) is 0 Å². The summed E-state index contributed by atoms with van der Waals surface area (Å²) in [4.78, 5) is 17.2. The third-order valence-electron chi connectivity index (χ3n) is 2.20. The first-order valence-electron chi connectivity index (χ1n) is 4.69. The van der Waals surface area contributed by atoms with E-state index in [2.05, 4.69) is 9.97 Å². The number of hydrogen-bond acceptors (Lipinski definition) is 4. The van der Waals surface area contributed by atoms with Gasteiger partial charge in [-0.15, -0.1) is 0 Å². The van der Waals surface area contributed by atoms with E-state index in [0.717, 1.165) is 11.3 Å². The van der Waals surface area contributed by atoms with E-state index in [1.54, 1.807) is 18.3 Å². The first-order chi connectivity index (χ1) is 7.70. The number of hydrogen-bond donors (Lipinski definition) is 2. The Labute approximate surface area is 91.3 Å². The van der Waals surface area contributed by atoms with Crippen LogP contribution in [-0.4, -0.2) is 14.9 Å². The zero-order valence-corrected chi connectivity index (χ0v) is 8.38. The fourth-order valence-electron chi connectivity index (χ4n) is 1.35. The lowest BCUT2D eigenvalue weighted by molar-refractivity contribution is -0.384. The Morgan fingerprint density at radius 2 is 2.06 bits per heavy atom. The maximum Gasteiger partial charge on any atom is 0.269 e. The van der Waals surface area contributed by atoms with E-state index in [0.29, 0.717) is 12.4 Å². The monoisotopic (exact) mass is 218 g/mol. The van der Waals surface area contributed by atoms with Crippen LogP contribution in [0.3, 0.4) is 0 Å². The number of imidazole rings is 1. The molecule has 0 spiro atoms. The lowest BCUT2D eigenvalue weighted by Gasteiger charge is -1.96. The number of nitrogens with one attached hydrogen (secondary N) is 1. The Kier molecular flexibility index (Phi) is 2.65. The number of nitrogens with zero attached hydrogens (tertiary/aromatic N) is 2. The molecule has 1 aromatic heterocycles. The van der Waals surface area contributed by atoms with E-state index in [1.807, 2.05) is 0 Å². The van der Waals surface area contributed by atoms with Gasteiger partial charge in [-0.1, -0.05) is 0 Å². The Morgan fingerprint density at radius 1 is 1.38 bits per heavy atom. The molecule has 82 valence electrons. The number of nitro groups is 1. The van der Waals surface area contributed by atoms with Crippen LogP contribution in [0.15, 0.2) is 30.5 Å². The van der Waals surface area contributed by atoms with Crippen molar-refractivity contribution in [2.75, 3.05) is 0 Å². The highest BCUT2D eigenvalue weighted by molar-refractivity contribution is 5.57. The van der Waals surface area contributed by atoms with E-state index in [-0.39, 0.29) is 5.69 Å². The average molecular weight is 218 g/mol. The molecule has 0 saturated heterocycles. The number of aromatic nitrogens is 2. The van der Waals surface area contributed by atoms with Crippen molar-refractivity contribution in [2.24, 2.45) is 5.73 Å². The molecule has 0 aliphatic carbocycles. The fourth-order valence-corrected chi connectivity index (χ4v) is 1.35. The number of nitrogens with two attached hydrogens (primary N) is 1. The highest BCUT2D eigenvalue weighted by atomic mass is 16.6. The summed E-state index contributed by atoms with van der Waals surface area (Å²) in [6.45, 7) is 0.389. The van der Waals surface area contributed by atoms with Crippen LogP contribution in [-0.2, 0) is 6.54 Å². The van der Waals surface area contributed by atoms with Gasteiger partial charge in [0.2, 0.25) is 0 Å². The Balaban J connectivity index is 2.30. The van der Waals surface area contributed by atoms with Crippen molar-refractivity contribution in [3.05, 3.63) is 46.3 Å². The minimum atomic E-state index is -0.433. The van der Waals surface area contributed by atoms with E-state index >= 15 is 0 Å². The third kappa shape index (κ3) is 1.91. The number of nitro benzene ring substituents is 1. The maximum atomic E-state index is 10.5. The highest BCUT2D eigenvalue weighted by Crippen LogP contribution is 2.19. The average Bonchev–Trinajstić information content (AvgIpc) is 2.77. The third-order valence-corrected chi connectivity index (χ3v) is 2.20. The SMILES string of the molecule is NCc1cnc(-c2ccc([N+](=O)[O-])cc2)[nH]1. The van der Waals surface area contributed by atoms with Crippen molar-refractivity contribution >= 4 is 5.69 Å². The summed E-state index contributed by atoms with van der Waals surface area (Å²) in [5.74, 6) is 0.662. The number of rotatable bonds is 3. The molecule has 1 heterocycles. The number of H-pyrrole nitrogens is 1. The van der Waals surface area contributed by atoms with E-state index in [1.165, 1.54) is 12.1 Å². The molecule has 1 aromatic carbocycles. The summed E-state index contributed by atoms with van der Waals surface area (Å²) < 4.78 is 0. The summed E-state index contributed by atoms with van der Waals surface area (Å²) in [6.07, 6.45) is 1.65. The van der Waals surface area contributed by atoms with Gasteiger partial charge >= 0.3 is 0 Å². The van der Waals surface area contributed by atoms with Crippen LogP contribution in [0.4, 0.5) is 5.69 Å². The second-order valence-corrected chi connectivity index (χ2v) is 3.27. The van der Waals surface area contributed by atoms with Gasteiger partial charge in [-0.25, -0.2) is 4.98 Å². The standard InChI is InChI=1S/C10H10N4O2/c11-5-8-6-12-10(13-8)7-1-3-9(4-2-7)14(15)16/h1-4,6H,5,11H2,(H,12,13). The fraction of sp³-hybridized carbons (Fsp3) is 0.100. The van der Waals surface area contributed by atoms with Crippen molar-refractivity contribution in [3.8, 4) is 11.4 Å². The number of non-ortho nitro benzene ring substituents is 1. The first kappa shape index (κ1) is 10.3. The van der Waals surface area contributed by atoms with Gasteiger partial charge in [0.25, 0.3) is 5.69 Å². The van der Waals surface area contributed by atoms with E-state index in [4.69, 9.17) is 5.73 Å². The molecule has 2 aromatic rings. The zero-order chi connectivity index (χ0) is 11.5. The minimum Gasteiger partial charge on any atom is -0.341 e. The molecule has 3 N–H and O–H groups in total. The maximum absolute atomic E-state index is 10.5. The van der Waals surface area contributed by atoms with Crippen LogP contribution < -0.4 is 5.73 Å². The van der Waals surface area contributed by atoms with Crippen LogP contribution in [0.25, 0.3) is 11.4 Å². The molecule has 0 aliphatic heterocycles. The molecule has 0 radical (unpaired) electrons. The molecule has 0 atom stereocenters.